The Bertz CT molecular complexity index is 144. The van der Waals surface area contributed by atoms with E-state index >= 15 is 0 Å². The maximum absolute atomic E-state index is 9.99. The van der Waals surface area contributed by atoms with Crippen LogP contribution in [0.5, 0.6) is 0 Å². The topological polar surface area (TPSA) is 37.3 Å². The summed E-state index contributed by atoms with van der Waals surface area (Å²) in [5.74, 6) is -0.867. The number of carboxylic acid groups (broad SMARTS) is 1. The van der Waals surface area contributed by atoms with E-state index in [1.165, 1.54) is 0 Å². The lowest BCUT2D eigenvalue weighted by atomic mass is 10.2. The van der Waals surface area contributed by atoms with Crippen LogP contribution >= 0.6 is 0 Å². The number of hydrogen-bond donors (Lipinski definition) is 1. The van der Waals surface area contributed by atoms with Crippen LogP contribution < -0.4 is 0 Å². The lowest BCUT2D eigenvalue weighted by molar-refractivity contribution is -0.132. The number of hydrogen-bond acceptors (Lipinski definition) is 1. The smallest absolute Gasteiger partial charge is 0.330 e. The number of carbonyl (C=O) groups is 1. The van der Waals surface area contributed by atoms with Crippen molar-refractivity contribution in [1.82, 2.24) is 0 Å². The molecule has 14 heavy (non-hydrogen) atoms. The second kappa shape index (κ2) is 30.1. The Morgan fingerprint density at radius 2 is 1.43 bits per heavy atom. The third-order valence-electron chi connectivity index (χ3n) is 0.788. The summed E-state index contributed by atoms with van der Waals surface area (Å²) in [5, 5.41) is 8.22. The third-order valence-corrected chi connectivity index (χ3v) is 0.788. The molecule has 0 saturated heterocycles. The van der Waals surface area contributed by atoms with Gasteiger partial charge in [0.05, 0.1) is 0 Å². The fourth-order valence-corrected chi connectivity index (χ4v) is 0.304. The summed E-state index contributed by atoms with van der Waals surface area (Å²) in [4.78, 5) is 9.99. The maximum Gasteiger partial charge on any atom is 0.330 e. The molecule has 0 amide bonds. The van der Waals surface area contributed by atoms with Gasteiger partial charge in [-0.1, -0.05) is 6.08 Å². The summed E-state index contributed by atoms with van der Waals surface area (Å²) in [7, 11) is 0. The first-order chi connectivity index (χ1) is 6.68. The van der Waals surface area contributed by atoms with Crippen LogP contribution in [-0.4, -0.2) is 11.1 Å². The van der Waals surface area contributed by atoms with Crippen molar-refractivity contribution in [3.05, 3.63) is 58.0 Å². The van der Waals surface area contributed by atoms with Crippen molar-refractivity contribution in [2.75, 3.05) is 0 Å². The Morgan fingerprint density at radius 3 is 1.50 bits per heavy atom. The molecule has 81 valence electrons. The average Bonchev–Trinajstić information content (AvgIpc) is 2.27. The van der Waals surface area contributed by atoms with Gasteiger partial charge in [0.2, 0.25) is 0 Å². The Kier molecular flexibility index (Phi) is 49.1. The number of carboxylic acids is 1. The highest BCUT2D eigenvalue weighted by atomic mass is 16.4. The first-order valence-electron chi connectivity index (χ1n) is 3.87. The fraction of sp³-hybridized carbons (Fsp3) is 0.167. The van der Waals surface area contributed by atoms with Crippen molar-refractivity contribution in [3.8, 4) is 0 Å². The van der Waals surface area contributed by atoms with Gasteiger partial charge in [-0.15, -0.1) is 39.5 Å². The molecule has 0 aliphatic rings. The van der Waals surface area contributed by atoms with Crippen molar-refractivity contribution >= 4 is 5.97 Å². The second-order valence-electron chi connectivity index (χ2n) is 1.48. The van der Waals surface area contributed by atoms with E-state index in [1.54, 1.807) is 13.0 Å². The Hall–Kier alpha value is -1.57. The second-order valence-corrected chi connectivity index (χ2v) is 1.48. The first kappa shape index (κ1) is 22.9. The standard InChI is InChI=1S/C6H9O2.3C2H4/c1-3-4-5(2)6(7)8;3*1-2/h4H,1,3H2,2H3,(H,7,8);3*1-2H2. The van der Waals surface area contributed by atoms with Gasteiger partial charge in [0, 0.05) is 5.57 Å². The molecular formula is C12H21O2. The summed E-state index contributed by atoms with van der Waals surface area (Å²) < 4.78 is 0. The van der Waals surface area contributed by atoms with Crippen molar-refractivity contribution in [3.63, 3.8) is 0 Å². The molecule has 0 fully saturated rings. The largest absolute Gasteiger partial charge is 0.478 e. The summed E-state index contributed by atoms with van der Waals surface area (Å²) >= 11 is 0. The molecule has 0 aromatic carbocycles. The molecule has 0 aliphatic heterocycles. The van der Waals surface area contributed by atoms with Crippen LogP contribution in [0.1, 0.15) is 13.3 Å². The van der Waals surface area contributed by atoms with Gasteiger partial charge >= 0.3 is 5.97 Å². The fourth-order valence-electron chi connectivity index (χ4n) is 0.304. The minimum Gasteiger partial charge on any atom is -0.478 e. The lowest BCUT2D eigenvalue weighted by Gasteiger charge is -1.87. The summed E-state index contributed by atoms with van der Waals surface area (Å²) in [6.45, 7) is 23.0. The van der Waals surface area contributed by atoms with Gasteiger partial charge in [-0.2, -0.15) is 0 Å². The van der Waals surface area contributed by atoms with Crippen molar-refractivity contribution in [2.45, 2.75) is 13.3 Å². The van der Waals surface area contributed by atoms with E-state index in [1.807, 2.05) is 0 Å². The molecule has 0 atom stereocenters. The van der Waals surface area contributed by atoms with Crippen molar-refractivity contribution < 1.29 is 9.90 Å². The molecule has 0 bridgehead atoms. The third kappa shape index (κ3) is 31.5. The Morgan fingerprint density at radius 1 is 1.14 bits per heavy atom. The SMILES string of the molecule is C=C.C=C.C=C.[CH2]CC=C(C)C(=O)O. The van der Waals surface area contributed by atoms with E-state index in [-0.39, 0.29) is 0 Å². The van der Waals surface area contributed by atoms with Gasteiger partial charge in [-0.05, 0) is 20.3 Å². The van der Waals surface area contributed by atoms with E-state index in [4.69, 9.17) is 5.11 Å². The highest BCUT2D eigenvalue weighted by Gasteiger charge is 1.94. The van der Waals surface area contributed by atoms with Crippen LogP contribution in [0.25, 0.3) is 0 Å². The van der Waals surface area contributed by atoms with E-state index < -0.39 is 5.97 Å². The monoisotopic (exact) mass is 197 g/mol. The minimum absolute atomic E-state index is 0.361. The summed E-state index contributed by atoms with van der Waals surface area (Å²) in [6, 6.07) is 0. The molecule has 0 heterocycles. The number of aliphatic carboxylic acids is 1. The van der Waals surface area contributed by atoms with E-state index in [0.29, 0.717) is 12.0 Å². The highest BCUT2D eigenvalue weighted by Crippen LogP contribution is 1.92. The predicted molar refractivity (Wildman–Crippen MR) is 65.1 cm³/mol. The molecule has 0 saturated carbocycles. The van der Waals surface area contributed by atoms with Crippen LogP contribution in [-0.2, 0) is 4.79 Å². The van der Waals surface area contributed by atoms with Crippen LogP contribution in [0.2, 0.25) is 0 Å². The normalized spacial score (nSPS) is 7.43. The van der Waals surface area contributed by atoms with Crippen molar-refractivity contribution in [2.24, 2.45) is 0 Å². The zero-order valence-electron chi connectivity index (χ0n) is 9.09. The van der Waals surface area contributed by atoms with Gasteiger partial charge in [-0.3, -0.25) is 0 Å². The molecule has 0 unspecified atom stereocenters. The zero-order chi connectivity index (χ0) is 12.6. The highest BCUT2D eigenvalue weighted by molar-refractivity contribution is 5.85. The molecule has 0 rings (SSSR count). The molecule has 2 heteroatoms. The maximum atomic E-state index is 9.99. The van der Waals surface area contributed by atoms with Crippen LogP contribution in [0.4, 0.5) is 0 Å². The van der Waals surface area contributed by atoms with E-state index in [9.17, 15) is 4.79 Å². The van der Waals surface area contributed by atoms with Gasteiger partial charge < -0.3 is 5.11 Å². The minimum atomic E-state index is -0.867. The molecule has 1 radical (unpaired) electrons. The lowest BCUT2D eigenvalue weighted by Crippen LogP contribution is -1.94. The molecule has 0 aliphatic carbocycles. The molecule has 2 nitrogen and oxygen atoms in total. The zero-order valence-corrected chi connectivity index (χ0v) is 9.09. The van der Waals surface area contributed by atoms with Gasteiger partial charge in [-0.25, -0.2) is 4.79 Å². The van der Waals surface area contributed by atoms with Gasteiger partial charge in [0.1, 0.15) is 0 Å². The van der Waals surface area contributed by atoms with Crippen LogP contribution in [0.15, 0.2) is 51.1 Å². The Labute approximate surface area is 88.0 Å². The van der Waals surface area contributed by atoms with Gasteiger partial charge in [0.25, 0.3) is 0 Å². The van der Waals surface area contributed by atoms with Crippen molar-refractivity contribution in [1.29, 1.82) is 0 Å². The molecule has 0 aromatic heterocycles. The first-order valence-corrected chi connectivity index (χ1v) is 3.87. The molecule has 1 N–H and O–H groups in total. The molecule has 0 spiro atoms. The van der Waals surface area contributed by atoms with E-state index in [0.717, 1.165) is 0 Å². The average molecular weight is 197 g/mol. The number of allylic oxidation sites excluding steroid dienone is 1. The van der Waals surface area contributed by atoms with Crippen LogP contribution in [0.3, 0.4) is 0 Å². The van der Waals surface area contributed by atoms with Crippen LogP contribution in [0, 0.1) is 6.92 Å². The summed E-state index contributed by atoms with van der Waals surface area (Å²) in [6.07, 6.45) is 2.11. The van der Waals surface area contributed by atoms with Gasteiger partial charge in [0.15, 0.2) is 0 Å². The Balaban J connectivity index is -0.0000000708. The molecule has 0 aromatic rings. The summed E-state index contributed by atoms with van der Waals surface area (Å²) in [5.41, 5.74) is 0.361. The predicted octanol–water partition coefficient (Wildman–Crippen LogP) is 3.65. The quantitative estimate of drug-likeness (QED) is 0.542. The molecular weight excluding hydrogens is 176 g/mol. The number of rotatable bonds is 2. The van der Waals surface area contributed by atoms with E-state index in [2.05, 4.69) is 46.4 Å².